The van der Waals surface area contributed by atoms with Gasteiger partial charge in [0.15, 0.2) is 0 Å². The first-order valence-corrected chi connectivity index (χ1v) is 7.20. The van der Waals surface area contributed by atoms with Crippen LogP contribution >= 0.6 is 0 Å². The molecule has 0 fully saturated rings. The fourth-order valence-electron chi connectivity index (χ4n) is 2.45. The first kappa shape index (κ1) is 15.0. The second-order valence-electron chi connectivity index (χ2n) is 5.11. The lowest BCUT2D eigenvalue weighted by Crippen LogP contribution is -1.96. The van der Waals surface area contributed by atoms with Crippen molar-refractivity contribution in [1.82, 2.24) is 4.74 Å². The summed E-state index contributed by atoms with van der Waals surface area (Å²) in [6.07, 6.45) is 0. The Morgan fingerprint density at radius 3 is 1.91 bits per heavy atom. The van der Waals surface area contributed by atoms with Crippen LogP contribution in [0.2, 0.25) is 0 Å². The van der Waals surface area contributed by atoms with Crippen LogP contribution < -0.4 is 15.0 Å². The van der Waals surface area contributed by atoms with Gasteiger partial charge in [0, 0.05) is 11.1 Å². The third kappa shape index (κ3) is 2.73. The first-order valence-electron chi connectivity index (χ1n) is 7.20. The molecule has 0 aliphatic carbocycles. The summed E-state index contributed by atoms with van der Waals surface area (Å²) in [6.45, 7) is 1.88. The smallest absolute Gasteiger partial charge is 0.244 e. The van der Waals surface area contributed by atoms with Crippen molar-refractivity contribution in [2.24, 2.45) is 0 Å². The van der Waals surface area contributed by atoms with Gasteiger partial charge in [0.05, 0.1) is 25.6 Å². The van der Waals surface area contributed by atoms with E-state index in [1.807, 2.05) is 55.5 Å². The van der Waals surface area contributed by atoms with E-state index in [1.54, 1.807) is 19.0 Å². The van der Waals surface area contributed by atoms with E-state index in [-0.39, 0.29) is 5.55 Å². The fraction of sp³-hybridized carbons (Fsp3) is 0.167. The predicted molar refractivity (Wildman–Crippen MR) is 87.2 cm³/mol. The second-order valence-corrected chi connectivity index (χ2v) is 5.11. The number of aromatic nitrogens is 1. The molecule has 0 amide bonds. The molecular formula is C18H18N2O3. The minimum Gasteiger partial charge on any atom is -0.497 e. The van der Waals surface area contributed by atoms with Crippen LogP contribution in [0.4, 0.5) is 0 Å². The molecule has 1 heterocycles. The average Bonchev–Trinajstić information content (AvgIpc) is 2.90. The largest absolute Gasteiger partial charge is 0.497 e. The highest BCUT2D eigenvalue weighted by molar-refractivity contribution is 5.65. The highest BCUT2D eigenvalue weighted by Gasteiger charge is 2.15. The lowest BCUT2D eigenvalue weighted by Gasteiger charge is -2.09. The molecule has 5 heteroatoms. The van der Waals surface area contributed by atoms with Crippen molar-refractivity contribution in [3.63, 3.8) is 0 Å². The summed E-state index contributed by atoms with van der Waals surface area (Å²) in [5.41, 5.74) is 3.57. The van der Waals surface area contributed by atoms with Gasteiger partial charge in [-0.2, -0.15) is 4.74 Å². The number of benzene rings is 2. The quantitative estimate of drug-likeness (QED) is 0.801. The Labute approximate surface area is 134 Å². The molecule has 1 aromatic heterocycles. The van der Waals surface area contributed by atoms with Gasteiger partial charge in [-0.15, -0.1) is 0 Å². The minimum absolute atomic E-state index is 0.145. The molecule has 2 aromatic carbocycles. The molecule has 0 aliphatic heterocycles. The van der Waals surface area contributed by atoms with Crippen molar-refractivity contribution < 1.29 is 14.0 Å². The van der Waals surface area contributed by atoms with Crippen molar-refractivity contribution in [1.29, 1.82) is 5.41 Å². The normalized spacial score (nSPS) is 10.6. The van der Waals surface area contributed by atoms with E-state index < -0.39 is 0 Å². The number of hydrogen-bond acceptors (Lipinski definition) is 4. The first-order chi connectivity index (χ1) is 11.1. The molecule has 118 valence electrons. The lowest BCUT2D eigenvalue weighted by atomic mass is 10.1. The third-order valence-electron chi connectivity index (χ3n) is 3.75. The lowest BCUT2D eigenvalue weighted by molar-refractivity contribution is 0.313. The van der Waals surface area contributed by atoms with Gasteiger partial charge in [0.2, 0.25) is 5.55 Å². The zero-order chi connectivity index (χ0) is 16.4. The molecule has 0 saturated heterocycles. The van der Waals surface area contributed by atoms with Gasteiger partial charge in [0.1, 0.15) is 11.5 Å². The average molecular weight is 310 g/mol. The molecule has 0 saturated carbocycles. The number of ether oxygens (including phenoxy) is 2. The van der Waals surface area contributed by atoms with E-state index in [9.17, 15) is 0 Å². The Bertz CT molecular complexity index is 859. The molecule has 5 nitrogen and oxygen atoms in total. The van der Waals surface area contributed by atoms with Crippen LogP contribution in [0.5, 0.6) is 11.5 Å². The summed E-state index contributed by atoms with van der Waals surface area (Å²) < 4.78 is 17.7. The van der Waals surface area contributed by atoms with Gasteiger partial charge in [-0.1, -0.05) is 0 Å². The van der Waals surface area contributed by atoms with Crippen LogP contribution in [-0.4, -0.2) is 19.0 Å². The van der Waals surface area contributed by atoms with Gasteiger partial charge in [-0.05, 0) is 55.5 Å². The molecule has 0 atom stereocenters. The summed E-state index contributed by atoms with van der Waals surface area (Å²) in [6, 6.07) is 15.2. The van der Waals surface area contributed by atoms with Crippen LogP contribution in [0.25, 0.3) is 16.9 Å². The maximum absolute atomic E-state index is 8.00. The van der Waals surface area contributed by atoms with E-state index in [0.29, 0.717) is 0 Å². The Hall–Kier alpha value is -2.95. The maximum Gasteiger partial charge on any atom is 0.244 e. The molecule has 0 bridgehead atoms. The standard InChI is InChI=1S/C18H18N2O3/c1-12-17(13-4-8-15(21-2)9-5-13)20(23-18(12)19)14-6-10-16(22-3)11-7-14/h4-11,19H,1-3H3. The van der Waals surface area contributed by atoms with Gasteiger partial charge in [0.25, 0.3) is 0 Å². The monoisotopic (exact) mass is 310 g/mol. The summed E-state index contributed by atoms with van der Waals surface area (Å²) in [5, 5.41) is 8.00. The zero-order valence-corrected chi connectivity index (χ0v) is 13.3. The number of hydrogen-bond donors (Lipinski definition) is 1. The van der Waals surface area contributed by atoms with Gasteiger partial charge in [-0.3, -0.25) is 5.41 Å². The Morgan fingerprint density at radius 2 is 1.39 bits per heavy atom. The highest BCUT2D eigenvalue weighted by atomic mass is 16.5. The van der Waals surface area contributed by atoms with Crippen molar-refractivity contribution in [2.45, 2.75) is 6.92 Å². The number of nitrogens with one attached hydrogen (secondary N) is 1. The van der Waals surface area contributed by atoms with Crippen molar-refractivity contribution in [2.75, 3.05) is 14.2 Å². The minimum atomic E-state index is 0.145. The van der Waals surface area contributed by atoms with Crippen LogP contribution in [0, 0.1) is 12.3 Å². The van der Waals surface area contributed by atoms with Crippen molar-refractivity contribution >= 4 is 0 Å². The van der Waals surface area contributed by atoms with E-state index in [4.69, 9.17) is 19.4 Å². The Morgan fingerprint density at radius 1 is 0.870 bits per heavy atom. The predicted octanol–water partition coefficient (Wildman–Crippen LogP) is 3.54. The van der Waals surface area contributed by atoms with Gasteiger partial charge < -0.3 is 14.0 Å². The molecule has 1 N–H and O–H groups in total. The Kier molecular flexibility index (Phi) is 3.93. The van der Waals surface area contributed by atoms with Crippen molar-refractivity contribution in [3.8, 4) is 28.4 Å². The molecule has 23 heavy (non-hydrogen) atoms. The summed E-state index contributed by atoms with van der Waals surface area (Å²) in [4.78, 5) is 0. The maximum atomic E-state index is 8.00. The summed E-state index contributed by atoms with van der Waals surface area (Å²) in [5.74, 6) is 1.56. The van der Waals surface area contributed by atoms with Crippen LogP contribution in [0.1, 0.15) is 5.56 Å². The van der Waals surface area contributed by atoms with E-state index >= 15 is 0 Å². The molecule has 3 aromatic rings. The molecular weight excluding hydrogens is 292 g/mol. The van der Waals surface area contributed by atoms with Crippen LogP contribution in [0.3, 0.4) is 0 Å². The van der Waals surface area contributed by atoms with Crippen molar-refractivity contribution in [3.05, 3.63) is 59.6 Å². The van der Waals surface area contributed by atoms with E-state index in [1.165, 1.54) is 0 Å². The fourth-order valence-corrected chi connectivity index (χ4v) is 2.45. The van der Waals surface area contributed by atoms with Crippen LogP contribution in [0.15, 0.2) is 53.1 Å². The summed E-state index contributed by atoms with van der Waals surface area (Å²) >= 11 is 0. The Balaban J connectivity index is 2.13. The number of nitrogens with zero attached hydrogens (tertiary/aromatic N) is 1. The topological polar surface area (TPSA) is 60.4 Å². The third-order valence-corrected chi connectivity index (χ3v) is 3.75. The zero-order valence-electron chi connectivity index (χ0n) is 13.3. The molecule has 3 rings (SSSR count). The van der Waals surface area contributed by atoms with Gasteiger partial charge in [-0.25, -0.2) is 0 Å². The number of rotatable bonds is 4. The molecule has 0 radical (unpaired) electrons. The number of methoxy groups -OCH3 is 2. The molecule has 0 unspecified atom stereocenters. The highest BCUT2D eigenvalue weighted by Crippen LogP contribution is 2.27. The summed E-state index contributed by atoms with van der Waals surface area (Å²) in [7, 11) is 3.27. The van der Waals surface area contributed by atoms with Crippen LogP contribution in [-0.2, 0) is 0 Å². The van der Waals surface area contributed by atoms with E-state index in [0.717, 1.165) is 34.0 Å². The van der Waals surface area contributed by atoms with Gasteiger partial charge >= 0.3 is 0 Å². The SMILES string of the molecule is COc1ccc(-c2c(C)c(=N)on2-c2ccc(OC)cc2)cc1. The second kappa shape index (κ2) is 6.04. The van der Waals surface area contributed by atoms with E-state index in [2.05, 4.69) is 0 Å². The molecule has 0 aliphatic rings. The molecule has 0 spiro atoms.